The first-order valence-electron chi connectivity index (χ1n) is 6.59. The van der Waals surface area contributed by atoms with Gasteiger partial charge in [0.25, 0.3) is 0 Å². The first-order chi connectivity index (χ1) is 9.38. The lowest BCUT2D eigenvalue weighted by Crippen LogP contribution is -2.37. The molecule has 0 N–H and O–H groups in total. The fraction of sp³-hybridized carbons (Fsp3) is 0.429. The summed E-state index contributed by atoms with van der Waals surface area (Å²) in [6.07, 6.45) is 5.50. The van der Waals surface area contributed by atoms with Crippen LogP contribution in [0, 0.1) is 0 Å². The minimum Gasteiger partial charge on any atom is -0.379 e. The van der Waals surface area contributed by atoms with Crippen molar-refractivity contribution >= 4 is 11.8 Å². The molecule has 2 aromatic heterocycles. The Balaban J connectivity index is 1.76. The van der Waals surface area contributed by atoms with Gasteiger partial charge >= 0.3 is 0 Å². The molecule has 5 heteroatoms. The average molecular weight is 259 g/mol. The number of aldehydes is 1. The molecule has 0 unspecified atom stereocenters. The molecule has 0 spiro atoms. The molecule has 1 saturated heterocycles. The van der Waals surface area contributed by atoms with E-state index in [0.717, 1.165) is 56.9 Å². The standard InChI is InChI=1S/C14H17N3O2/c18-11-12-2-1-4-17-13(12)10-15-14(17)3-5-16-6-8-19-9-7-16/h1-2,4,10-11H,3,5-9H2. The van der Waals surface area contributed by atoms with E-state index in [-0.39, 0.29) is 0 Å². The molecular formula is C14H17N3O2. The van der Waals surface area contributed by atoms with Gasteiger partial charge in [-0.15, -0.1) is 0 Å². The van der Waals surface area contributed by atoms with Gasteiger partial charge in [0.2, 0.25) is 0 Å². The Morgan fingerprint density at radius 2 is 2.21 bits per heavy atom. The number of hydrogen-bond acceptors (Lipinski definition) is 4. The highest BCUT2D eigenvalue weighted by atomic mass is 16.5. The third-order valence-corrected chi connectivity index (χ3v) is 3.56. The van der Waals surface area contributed by atoms with Crippen molar-refractivity contribution < 1.29 is 9.53 Å². The molecule has 100 valence electrons. The highest BCUT2D eigenvalue weighted by Crippen LogP contribution is 2.12. The molecule has 5 nitrogen and oxygen atoms in total. The fourth-order valence-electron chi connectivity index (χ4n) is 2.46. The summed E-state index contributed by atoms with van der Waals surface area (Å²) in [6, 6.07) is 3.70. The minimum atomic E-state index is 0.688. The Bertz CT molecular complexity index is 573. The molecule has 0 atom stereocenters. The summed E-state index contributed by atoms with van der Waals surface area (Å²) in [7, 11) is 0. The molecule has 0 aliphatic carbocycles. The van der Waals surface area contributed by atoms with Crippen LogP contribution >= 0.6 is 0 Å². The molecule has 0 amide bonds. The Hall–Kier alpha value is -1.72. The van der Waals surface area contributed by atoms with Crippen molar-refractivity contribution in [3.8, 4) is 0 Å². The van der Waals surface area contributed by atoms with Crippen LogP contribution in [0.5, 0.6) is 0 Å². The van der Waals surface area contributed by atoms with Gasteiger partial charge in [0, 0.05) is 37.8 Å². The van der Waals surface area contributed by atoms with Gasteiger partial charge in [0.15, 0.2) is 6.29 Å². The number of imidazole rings is 1. The average Bonchev–Trinajstić information content (AvgIpc) is 2.89. The number of rotatable bonds is 4. The summed E-state index contributed by atoms with van der Waals surface area (Å²) in [5.74, 6) is 1.00. The SMILES string of the molecule is O=Cc1cccn2c(CCN3CCOCC3)ncc12. The monoisotopic (exact) mass is 259 g/mol. The van der Waals surface area contributed by atoms with Crippen molar-refractivity contribution in [3.05, 3.63) is 35.9 Å². The van der Waals surface area contributed by atoms with Gasteiger partial charge in [0.1, 0.15) is 5.82 Å². The van der Waals surface area contributed by atoms with E-state index in [0.29, 0.717) is 5.56 Å². The van der Waals surface area contributed by atoms with Crippen LogP contribution in [0.25, 0.3) is 5.52 Å². The van der Waals surface area contributed by atoms with Crippen molar-refractivity contribution in [1.29, 1.82) is 0 Å². The van der Waals surface area contributed by atoms with Crippen molar-refractivity contribution in [2.75, 3.05) is 32.8 Å². The number of carbonyl (C=O) groups is 1. The van der Waals surface area contributed by atoms with Gasteiger partial charge in [-0.1, -0.05) is 0 Å². The summed E-state index contributed by atoms with van der Waals surface area (Å²) in [5, 5.41) is 0. The molecule has 1 fully saturated rings. The van der Waals surface area contributed by atoms with Crippen molar-refractivity contribution in [1.82, 2.24) is 14.3 Å². The first-order valence-corrected chi connectivity index (χ1v) is 6.59. The number of aromatic nitrogens is 2. The molecule has 0 saturated carbocycles. The van der Waals surface area contributed by atoms with E-state index in [2.05, 4.69) is 9.88 Å². The summed E-state index contributed by atoms with van der Waals surface area (Å²) in [4.78, 5) is 17.8. The third kappa shape index (κ3) is 2.52. The molecule has 0 aromatic carbocycles. The van der Waals surface area contributed by atoms with Crippen molar-refractivity contribution in [2.24, 2.45) is 0 Å². The smallest absolute Gasteiger partial charge is 0.152 e. The Labute approximate surface area is 111 Å². The number of ether oxygens (including phenoxy) is 1. The van der Waals surface area contributed by atoms with E-state index >= 15 is 0 Å². The quantitative estimate of drug-likeness (QED) is 0.769. The largest absolute Gasteiger partial charge is 0.379 e. The topological polar surface area (TPSA) is 46.8 Å². The fourth-order valence-corrected chi connectivity index (χ4v) is 2.46. The van der Waals surface area contributed by atoms with Crippen LogP contribution < -0.4 is 0 Å². The Kier molecular flexibility index (Phi) is 3.57. The van der Waals surface area contributed by atoms with Gasteiger partial charge in [0.05, 0.1) is 24.9 Å². The first kappa shape index (κ1) is 12.3. The molecule has 3 rings (SSSR count). The maximum atomic E-state index is 11.0. The molecule has 3 heterocycles. The molecule has 19 heavy (non-hydrogen) atoms. The van der Waals surface area contributed by atoms with Crippen LogP contribution in [0.3, 0.4) is 0 Å². The molecule has 1 aliphatic heterocycles. The predicted molar refractivity (Wildman–Crippen MR) is 71.5 cm³/mol. The van der Waals surface area contributed by atoms with E-state index in [9.17, 15) is 4.79 Å². The van der Waals surface area contributed by atoms with Gasteiger partial charge in [-0.2, -0.15) is 0 Å². The summed E-state index contributed by atoms with van der Waals surface area (Å²) >= 11 is 0. The number of nitrogens with zero attached hydrogens (tertiary/aromatic N) is 3. The zero-order valence-electron chi connectivity index (χ0n) is 10.8. The lowest BCUT2D eigenvalue weighted by Gasteiger charge is -2.26. The van der Waals surface area contributed by atoms with Crippen LogP contribution in [-0.4, -0.2) is 53.4 Å². The maximum absolute atomic E-state index is 11.0. The Morgan fingerprint density at radius 1 is 1.37 bits per heavy atom. The van der Waals surface area contributed by atoms with Crippen LogP contribution in [0.4, 0.5) is 0 Å². The molecule has 1 aliphatic rings. The number of pyridine rings is 1. The van der Waals surface area contributed by atoms with Gasteiger partial charge in [-0.05, 0) is 12.1 Å². The summed E-state index contributed by atoms with van der Waals surface area (Å²) < 4.78 is 7.34. The van der Waals surface area contributed by atoms with Crippen molar-refractivity contribution in [3.63, 3.8) is 0 Å². The second-order valence-corrected chi connectivity index (χ2v) is 4.72. The number of fused-ring (bicyclic) bond motifs is 1. The van der Waals surface area contributed by atoms with Crippen molar-refractivity contribution in [2.45, 2.75) is 6.42 Å². The second-order valence-electron chi connectivity index (χ2n) is 4.72. The highest BCUT2D eigenvalue weighted by Gasteiger charge is 2.12. The van der Waals surface area contributed by atoms with E-state index in [4.69, 9.17) is 4.74 Å². The number of hydrogen-bond donors (Lipinski definition) is 0. The van der Waals surface area contributed by atoms with Gasteiger partial charge < -0.3 is 9.14 Å². The molecule has 0 radical (unpaired) electrons. The minimum absolute atomic E-state index is 0.688. The van der Waals surface area contributed by atoms with Crippen LogP contribution in [0.2, 0.25) is 0 Å². The van der Waals surface area contributed by atoms with Gasteiger partial charge in [-0.3, -0.25) is 9.69 Å². The Morgan fingerprint density at radius 3 is 3.00 bits per heavy atom. The molecular weight excluding hydrogens is 242 g/mol. The van der Waals surface area contributed by atoms with E-state index < -0.39 is 0 Å². The zero-order chi connectivity index (χ0) is 13.1. The highest BCUT2D eigenvalue weighted by molar-refractivity contribution is 5.85. The molecule has 0 bridgehead atoms. The van der Waals surface area contributed by atoms with Crippen LogP contribution in [0.15, 0.2) is 24.5 Å². The van der Waals surface area contributed by atoms with Gasteiger partial charge in [-0.25, -0.2) is 4.98 Å². The normalized spacial score (nSPS) is 16.8. The summed E-state index contributed by atoms with van der Waals surface area (Å²) in [6.45, 7) is 4.59. The van der Waals surface area contributed by atoms with E-state index in [1.165, 1.54) is 0 Å². The lowest BCUT2D eigenvalue weighted by molar-refractivity contribution is 0.0382. The number of carbonyl (C=O) groups excluding carboxylic acids is 1. The van der Waals surface area contributed by atoms with Crippen LogP contribution in [-0.2, 0) is 11.2 Å². The predicted octanol–water partition coefficient (Wildman–Crippen LogP) is 1.02. The number of morpholine rings is 1. The third-order valence-electron chi connectivity index (χ3n) is 3.56. The van der Waals surface area contributed by atoms with Crippen LogP contribution in [0.1, 0.15) is 16.2 Å². The maximum Gasteiger partial charge on any atom is 0.152 e. The van der Waals surface area contributed by atoms with E-state index in [1.807, 2.05) is 22.7 Å². The lowest BCUT2D eigenvalue weighted by atomic mass is 10.2. The summed E-state index contributed by atoms with van der Waals surface area (Å²) in [5.41, 5.74) is 1.57. The zero-order valence-corrected chi connectivity index (χ0v) is 10.8. The van der Waals surface area contributed by atoms with E-state index in [1.54, 1.807) is 6.20 Å². The second kappa shape index (κ2) is 5.50. The molecule has 2 aromatic rings.